The van der Waals surface area contributed by atoms with Crippen LogP contribution in [0.1, 0.15) is 30.3 Å². The highest BCUT2D eigenvalue weighted by atomic mass is 35.5. The van der Waals surface area contributed by atoms with Gasteiger partial charge in [0.05, 0.1) is 17.1 Å². The van der Waals surface area contributed by atoms with E-state index in [1.165, 1.54) is 34.7 Å². The largest absolute Gasteiger partial charge is 0.488 e. The quantitative estimate of drug-likeness (QED) is 0.462. The maximum Gasteiger partial charge on any atom is 0.129 e. The van der Waals surface area contributed by atoms with Crippen LogP contribution in [0.4, 0.5) is 0 Å². The van der Waals surface area contributed by atoms with E-state index in [-0.39, 0.29) is 0 Å². The first kappa shape index (κ1) is 15.4. The van der Waals surface area contributed by atoms with Gasteiger partial charge in [0.25, 0.3) is 0 Å². The van der Waals surface area contributed by atoms with Crippen molar-refractivity contribution in [2.24, 2.45) is 5.92 Å². The Morgan fingerprint density at radius 3 is 2.89 bits per heavy atom. The van der Waals surface area contributed by atoms with E-state index in [0.717, 1.165) is 34.1 Å². The first-order valence-electron chi connectivity index (χ1n) is 9.87. The third-order valence-electron chi connectivity index (χ3n) is 6.53. The van der Waals surface area contributed by atoms with Crippen molar-refractivity contribution < 1.29 is 4.74 Å². The molecule has 1 aliphatic carbocycles. The smallest absolute Gasteiger partial charge is 0.129 e. The molecule has 4 aromatic rings. The molecule has 3 heterocycles. The summed E-state index contributed by atoms with van der Waals surface area (Å²) in [5.41, 5.74) is 5.68. The van der Waals surface area contributed by atoms with Crippen LogP contribution in [0.15, 0.2) is 42.5 Å². The van der Waals surface area contributed by atoms with E-state index < -0.39 is 0 Å². The number of ether oxygens (including phenoxy) is 1. The van der Waals surface area contributed by atoms with Crippen molar-refractivity contribution in [1.82, 2.24) is 15.3 Å². The monoisotopic (exact) mass is 387 g/mol. The average molecular weight is 388 g/mol. The highest BCUT2D eigenvalue weighted by Gasteiger charge is 2.46. The fraction of sp³-hybridized carbons (Fsp3) is 0.261. The molecule has 0 bridgehead atoms. The number of H-pyrrole nitrogens is 1. The van der Waals surface area contributed by atoms with Gasteiger partial charge in [-0.05, 0) is 71.7 Å². The van der Waals surface area contributed by atoms with E-state index in [0.29, 0.717) is 23.7 Å². The topological polar surface area (TPSA) is 49.9 Å². The second-order valence-corrected chi connectivity index (χ2v) is 8.74. The van der Waals surface area contributed by atoms with Crippen molar-refractivity contribution in [3.63, 3.8) is 0 Å². The number of benzene rings is 3. The molecule has 0 spiro atoms. The third kappa shape index (κ3) is 2.13. The predicted molar refractivity (Wildman–Crippen MR) is 111 cm³/mol. The Bertz CT molecular complexity index is 1280. The van der Waals surface area contributed by atoms with Crippen LogP contribution in [0.25, 0.3) is 32.9 Å². The molecule has 28 heavy (non-hydrogen) atoms. The van der Waals surface area contributed by atoms with Crippen LogP contribution in [-0.2, 0) is 6.61 Å². The lowest BCUT2D eigenvalue weighted by Crippen LogP contribution is -2.18. The minimum Gasteiger partial charge on any atom is -0.488 e. The van der Waals surface area contributed by atoms with Crippen molar-refractivity contribution in [3.05, 3.63) is 58.9 Å². The van der Waals surface area contributed by atoms with Crippen molar-refractivity contribution in [2.75, 3.05) is 0 Å². The average Bonchev–Trinajstić information content (AvgIpc) is 3.13. The van der Waals surface area contributed by atoms with Gasteiger partial charge in [-0.15, -0.1) is 0 Å². The van der Waals surface area contributed by atoms with E-state index in [2.05, 4.69) is 34.6 Å². The summed E-state index contributed by atoms with van der Waals surface area (Å²) >= 11 is 6.14. The van der Waals surface area contributed by atoms with Crippen LogP contribution in [0.2, 0.25) is 5.02 Å². The lowest BCUT2D eigenvalue weighted by Gasteiger charge is -2.21. The van der Waals surface area contributed by atoms with Crippen LogP contribution in [-0.4, -0.2) is 16.0 Å². The Hall–Kier alpha value is -2.56. The number of imidazole rings is 1. The number of piperidine rings is 1. The number of aromatic amines is 1. The van der Waals surface area contributed by atoms with E-state index in [9.17, 15) is 0 Å². The van der Waals surface area contributed by atoms with Crippen LogP contribution >= 0.6 is 11.6 Å². The number of fused-ring (bicyclic) bond motifs is 7. The molecule has 3 atom stereocenters. The van der Waals surface area contributed by atoms with Crippen LogP contribution in [0.5, 0.6) is 5.75 Å². The second kappa shape index (κ2) is 5.28. The maximum absolute atomic E-state index is 6.14. The lowest BCUT2D eigenvalue weighted by molar-refractivity contribution is 0.302. The first-order chi connectivity index (χ1) is 13.7. The third-order valence-corrected chi connectivity index (χ3v) is 6.77. The van der Waals surface area contributed by atoms with Gasteiger partial charge in [-0.25, -0.2) is 4.98 Å². The van der Waals surface area contributed by atoms with Gasteiger partial charge in [0.1, 0.15) is 18.2 Å². The summed E-state index contributed by atoms with van der Waals surface area (Å²) in [5, 5.41) is 6.78. The molecular formula is C23H18ClN3O. The van der Waals surface area contributed by atoms with Crippen molar-refractivity contribution >= 4 is 33.4 Å². The molecular weight excluding hydrogens is 370 g/mol. The fourth-order valence-corrected chi connectivity index (χ4v) is 5.13. The number of hydrogen-bond donors (Lipinski definition) is 2. The minimum absolute atomic E-state index is 0.365. The van der Waals surface area contributed by atoms with Crippen LogP contribution < -0.4 is 10.1 Å². The van der Waals surface area contributed by atoms with Gasteiger partial charge in [0, 0.05) is 22.0 Å². The Morgan fingerprint density at radius 2 is 2.00 bits per heavy atom. The molecule has 2 fully saturated rings. The number of nitrogens with one attached hydrogen (secondary N) is 2. The summed E-state index contributed by atoms with van der Waals surface area (Å²) in [5.74, 6) is 2.78. The number of rotatable bonds is 1. The normalized spacial score (nSPS) is 24.7. The zero-order valence-corrected chi connectivity index (χ0v) is 15.9. The lowest BCUT2D eigenvalue weighted by atomic mass is 9.93. The summed E-state index contributed by atoms with van der Waals surface area (Å²) in [6.07, 6.45) is 2.53. The summed E-state index contributed by atoms with van der Waals surface area (Å²) in [7, 11) is 0. The Labute approximate surface area is 166 Å². The standard InChI is InChI=1S/C23H18ClN3O/c24-14-2-3-15-16-5-11-1-4-18-22(17(11)6-13(16)10-28-21(15)9-14)27-23(26-18)20-8-12-7-19(12)25-20/h1-6,9,12,19-20,25H,7-8,10H2,(H,26,27)/t12-,19-,20?/m1/s1. The molecule has 2 aliphatic heterocycles. The number of hydrogen-bond acceptors (Lipinski definition) is 3. The number of halogens is 1. The first-order valence-corrected chi connectivity index (χ1v) is 10.2. The molecule has 7 rings (SSSR count). The summed E-state index contributed by atoms with van der Waals surface area (Å²) in [6, 6.07) is 15.8. The Balaban J connectivity index is 1.40. The molecule has 1 unspecified atom stereocenters. The van der Waals surface area contributed by atoms with Crippen molar-refractivity contribution in [3.8, 4) is 16.9 Å². The number of nitrogens with zero attached hydrogens (tertiary/aromatic N) is 1. The van der Waals surface area contributed by atoms with Crippen LogP contribution in [0.3, 0.4) is 0 Å². The molecule has 2 N–H and O–H groups in total. The van der Waals surface area contributed by atoms with E-state index in [1.807, 2.05) is 18.2 Å². The second-order valence-electron chi connectivity index (χ2n) is 8.30. The van der Waals surface area contributed by atoms with Gasteiger partial charge in [-0.3, -0.25) is 0 Å². The zero-order chi connectivity index (χ0) is 18.4. The highest BCUT2D eigenvalue weighted by molar-refractivity contribution is 6.30. The molecule has 4 nitrogen and oxygen atoms in total. The molecule has 1 saturated heterocycles. The van der Waals surface area contributed by atoms with E-state index in [1.54, 1.807) is 0 Å². The van der Waals surface area contributed by atoms with Gasteiger partial charge in [-0.2, -0.15) is 0 Å². The van der Waals surface area contributed by atoms with E-state index in [4.69, 9.17) is 21.3 Å². The summed E-state index contributed by atoms with van der Waals surface area (Å²) < 4.78 is 5.97. The minimum atomic E-state index is 0.365. The fourth-order valence-electron chi connectivity index (χ4n) is 4.97. The van der Waals surface area contributed by atoms with Crippen molar-refractivity contribution in [1.29, 1.82) is 0 Å². The molecule has 0 amide bonds. The molecule has 1 aromatic heterocycles. The number of aromatic nitrogens is 2. The van der Waals surface area contributed by atoms with E-state index >= 15 is 0 Å². The van der Waals surface area contributed by atoms with Gasteiger partial charge in [0.15, 0.2) is 0 Å². The molecule has 3 aromatic carbocycles. The Kier molecular flexibility index (Phi) is 2.90. The molecule has 1 saturated carbocycles. The van der Waals surface area contributed by atoms with Crippen LogP contribution in [0, 0.1) is 5.92 Å². The SMILES string of the molecule is Clc1ccc2c(c1)OCc1cc3c(ccc4[nH]c(C5C[C@H]6C[C@H]6N5)nc43)cc1-2. The predicted octanol–water partition coefficient (Wildman–Crippen LogP) is 5.35. The molecule has 0 radical (unpaired) electrons. The van der Waals surface area contributed by atoms with Gasteiger partial charge >= 0.3 is 0 Å². The summed E-state index contributed by atoms with van der Waals surface area (Å²) in [4.78, 5) is 8.56. The zero-order valence-electron chi connectivity index (χ0n) is 15.1. The summed E-state index contributed by atoms with van der Waals surface area (Å²) in [6.45, 7) is 0.555. The molecule has 5 heteroatoms. The van der Waals surface area contributed by atoms with Crippen molar-refractivity contribution in [2.45, 2.75) is 31.5 Å². The maximum atomic E-state index is 6.14. The highest BCUT2D eigenvalue weighted by Crippen LogP contribution is 2.46. The molecule has 3 aliphatic rings. The van der Waals surface area contributed by atoms with Gasteiger partial charge in [-0.1, -0.05) is 17.7 Å². The molecule has 138 valence electrons. The van der Waals surface area contributed by atoms with Gasteiger partial charge < -0.3 is 15.0 Å². The Morgan fingerprint density at radius 1 is 1.04 bits per heavy atom. The van der Waals surface area contributed by atoms with Gasteiger partial charge in [0.2, 0.25) is 0 Å².